The van der Waals surface area contributed by atoms with Crippen molar-refractivity contribution in [1.82, 2.24) is 4.90 Å². The van der Waals surface area contributed by atoms with E-state index in [0.29, 0.717) is 4.90 Å². The fourth-order valence-electron chi connectivity index (χ4n) is 2.61. The lowest BCUT2D eigenvalue weighted by Gasteiger charge is -2.26. The first-order chi connectivity index (χ1) is 16.3. The summed E-state index contributed by atoms with van der Waals surface area (Å²) in [5.74, 6) is -2.29. The summed E-state index contributed by atoms with van der Waals surface area (Å²) >= 11 is 0. The molecule has 13 nitrogen and oxygen atoms in total. The molecule has 2 amide bonds. The highest BCUT2D eigenvalue weighted by Crippen LogP contribution is 2.32. The van der Waals surface area contributed by atoms with Gasteiger partial charge in [-0.05, 0) is 40.7 Å². The van der Waals surface area contributed by atoms with E-state index in [-0.39, 0.29) is 30.3 Å². The van der Waals surface area contributed by atoms with Crippen LogP contribution in [-0.4, -0.2) is 79.3 Å². The Hall–Kier alpha value is -3.90. The summed E-state index contributed by atoms with van der Waals surface area (Å²) in [4.78, 5) is 61.4. The molecule has 0 atom stereocenters. The van der Waals surface area contributed by atoms with E-state index in [4.69, 9.17) is 18.9 Å². The summed E-state index contributed by atoms with van der Waals surface area (Å²) < 4.78 is 20.5. The number of imide groups is 1. The zero-order valence-electron chi connectivity index (χ0n) is 20.7. The first-order valence-electron chi connectivity index (χ1n) is 10.8. The SMILES string of the molecule is CCOC(=O)CN(CC(=O)OCC)c1ccc([N+](=O)[O-])cc1OCC(=O)N(C)C(=O)OC(C)(C)C. The van der Waals surface area contributed by atoms with Gasteiger partial charge in [0.1, 0.15) is 24.4 Å². The number of benzene rings is 1. The van der Waals surface area contributed by atoms with Gasteiger partial charge in [-0.3, -0.25) is 24.5 Å². The number of non-ortho nitro benzene ring substituents is 1. The smallest absolute Gasteiger partial charge is 0.416 e. The molecule has 0 spiro atoms. The summed E-state index contributed by atoms with van der Waals surface area (Å²) in [5.41, 5.74) is -1.09. The number of anilines is 1. The number of carbonyl (C=O) groups excluding carboxylic acids is 4. The first kappa shape index (κ1) is 29.1. The van der Waals surface area contributed by atoms with Crippen molar-refractivity contribution >= 4 is 35.3 Å². The summed E-state index contributed by atoms with van der Waals surface area (Å²) in [6.07, 6.45) is -0.906. The molecule has 0 saturated carbocycles. The second-order valence-electron chi connectivity index (χ2n) is 8.10. The Bertz CT molecular complexity index is 922. The number of ether oxygens (including phenoxy) is 4. The normalized spacial score (nSPS) is 10.7. The summed E-state index contributed by atoms with van der Waals surface area (Å²) in [7, 11) is 1.20. The summed E-state index contributed by atoms with van der Waals surface area (Å²) in [5, 5.41) is 11.3. The van der Waals surface area contributed by atoms with Crippen LogP contribution in [0.1, 0.15) is 34.6 Å². The molecule has 194 valence electrons. The van der Waals surface area contributed by atoms with Gasteiger partial charge in [0.2, 0.25) is 0 Å². The van der Waals surface area contributed by atoms with Gasteiger partial charge in [-0.2, -0.15) is 0 Å². The van der Waals surface area contributed by atoms with Crippen LogP contribution in [0.25, 0.3) is 0 Å². The number of hydrogen-bond donors (Lipinski definition) is 0. The lowest BCUT2D eigenvalue weighted by Crippen LogP contribution is -2.40. The molecule has 0 aliphatic rings. The Labute approximate surface area is 203 Å². The lowest BCUT2D eigenvalue weighted by molar-refractivity contribution is -0.384. The lowest BCUT2D eigenvalue weighted by atomic mass is 10.2. The van der Waals surface area contributed by atoms with Crippen LogP contribution in [0, 0.1) is 10.1 Å². The van der Waals surface area contributed by atoms with Crippen LogP contribution in [-0.2, 0) is 28.6 Å². The molecular weight excluding hydrogens is 466 g/mol. The van der Waals surface area contributed by atoms with Crippen molar-refractivity contribution in [2.45, 2.75) is 40.2 Å². The second kappa shape index (κ2) is 13.1. The van der Waals surface area contributed by atoms with Crippen LogP contribution in [0.3, 0.4) is 0 Å². The van der Waals surface area contributed by atoms with E-state index in [1.165, 1.54) is 18.0 Å². The Morgan fingerprint density at radius 2 is 1.54 bits per heavy atom. The van der Waals surface area contributed by atoms with Crippen LogP contribution in [0.5, 0.6) is 5.75 Å². The van der Waals surface area contributed by atoms with Crippen LogP contribution < -0.4 is 9.64 Å². The average Bonchev–Trinajstić information content (AvgIpc) is 2.75. The Kier molecular flexibility index (Phi) is 10.9. The molecular formula is C22H31N3O10. The molecule has 35 heavy (non-hydrogen) atoms. The zero-order valence-corrected chi connectivity index (χ0v) is 20.7. The van der Waals surface area contributed by atoms with Gasteiger partial charge in [0.05, 0.1) is 29.9 Å². The van der Waals surface area contributed by atoms with Gasteiger partial charge in [-0.1, -0.05) is 0 Å². The van der Waals surface area contributed by atoms with Gasteiger partial charge in [0.25, 0.3) is 11.6 Å². The topological polar surface area (TPSA) is 155 Å². The van der Waals surface area contributed by atoms with Crippen molar-refractivity contribution < 1.29 is 43.0 Å². The fraction of sp³-hybridized carbons (Fsp3) is 0.545. The maximum absolute atomic E-state index is 12.5. The Morgan fingerprint density at radius 1 is 1.00 bits per heavy atom. The highest BCUT2D eigenvalue weighted by molar-refractivity contribution is 5.92. The maximum Gasteiger partial charge on any atom is 0.416 e. The van der Waals surface area contributed by atoms with E-state index in [2.05, 4.69) is 0 Å². The molecule has 1 aromatic rings. The molecule has 0 heterocycles. The second-order valence-corrected chi connectivity index (χ2v) is 8.10. The van der Waals surface area contributed by atoms with Crippen molar-refractivity contribution in [1.29, 1.82) is 0 Å². The molecule has 0 aliphatic heterocycles. The fourth-order valence-corrected chi connectivity index (χ4v) is 2.61. The van der Waals surface area contributed by atoms with Crippen molar-refractivity contribution in [2.24, 2.45) is 0 Å². The zero-order chi connectivity index (χ0) is 26.8. The van der Waals surface area contributed by atoms with Crippen molar-refractivity contribution in [2.75, 3.05) is 44.9 Å². The standard InChI is InChI=1S/C22H31N3O10/c1-7-32-19(27)12-24(13-20(28)33-8-2)16-10-9-15(25(30)31)11-17(16)34-14-18(26)23(6)21(29)35-22(3,4)5/h9-11H,7-8,12-14H2,1-6H3. The minimum atomic E-state index is -0.906. The number of carbonyl (C=O) groups is 4. The molecule has 0 bridgehead atoms. The van der Waals surface area contributed by atoms with E-state index in [9.17, 15) is 29.3 Å². The molecule has 0 unspecified atom stereocenters. The molecule has 0 aromatic heterocycles. The minimum Gasteiger partial charge on any atom is -0.481 e. The van der Waals surface area contributed by atoms with E-state index < -0.39 is 54.2 Å². The Balaban J connectivity index is 3.24. The van der Waals surface area contributed by atoms with Crippen LogP contribution in [0.15, 0.2) is 18.2 Å². The van der Waals surface area contributed by atoms with Gasteiger partial charge in [-0.15, -0.1) is 0 Å². The van der Waals surface area contributed by atoms with E-state index in [1.807, 2.05) is 0 Å². The van der Waals surface area contributed by atoms with Crippen LogP contribution in [0.4, 0.5) is 16.2 Å². The third-order valence-electron chi connectivity index (χ3n) is 4.14. The molecule has 1 rings (SSSR count). The molecule has 0 aliphatic carbocycles. The van der Waals surface area contributed by atoms with Crippen molar-refractivity contribution in [3.63, 3.8) is 0 Å². The van der Waals surface area contributed by atoms with Crippen LogP contribution >= 0.6 is 0 Å². The number of nitrogens with zero attached hydrogens (tertiary/aromatic N) is 3. The molecule has 1 aromatic carbocycles. The van der Waals surface area contributed by atoms with E-state index >= 15 is 0 Å². The highest BCUT2D eigenvalue weighted by Gasteiger charge is 2.26. The Morgan fingerprint density at radius 3 is 2.00 bits per heavy atom. The first-order valence-corrected chi connectivity index (χ1v) is 10.8. The molecule has 13 heteroatoms. The monoisotopic (exact) mass is 497 g/mol. The predicted molar refractivity (Wildman–Crippen MR) is 123 cm³/mol. The third kappa shape index (κ3) is 9.86. The third-order valence-corrected chi connectivity index (χ3v) is 4.14. The number of rotatable bonds is 11. The molecule has 0 saturated heterocycles. The van der Waals surface area contributed by atoms with E-state index in [1.54, 1.807) is 34.6 Å². The van der Waals surface area contributed by atoms with Gasteiger partial charge >= 0.3 is 18.0 Å². The number of amides is 2. The largest absolute Gasteiger partial charge is 0.481 e. The number of nitro benzene ring substituents is 1. The molecule has 0 N–H and O–H groups in total. The molecule has 0 fully saturated rings. The van der Waals surface area contributed by atoms with Crippen molar-refractivity contribution in [3.8, 4) is 5.75 Å². The number of esters is 2. The van der Waals surface area contributed by atoms with Gasteiger partial charge in [0.15, 0.2) is 6.61 Å². The minimum absolute atomic E-state index is 0.0984. The van der Waals surface area contributed by atoms with Gasteiger partial charge in [-0.25, -0.2) is 9.69 Å². The van der Waals surface area contributed by atoms with Gasteiger partial charge in [0, 0.05) is 13.1 Å². The number of likely N-dealkylation sites (N-methyl/N-ethyl adjacent to an activating group) is 1. The maximum atomic E-state index is 12.5. The van der Waals surface area contributed by atoms with Gasteiger partial charge < -0.3 is 23.8 Å². The highest BCUT2D eigenvalue weighted by atomic mass is 16.6. The quantitative estimate of drug-likeness (QED) is 0.191. The summed E-state index contributed by atoms with van der Waals surface area (Å²) in [6.45, 7) is 6.85. The van der Waals surface area contributed by atoms with Crippen LogP contribution in [0.2, 0.25) is 0 Å². The number of nitro groups is 1. The average molecular weight is 498 g/mol. The summed E-state index contributed by atoms with van der Waals surface area (Å²) in [6, 6.07) is 3.47. The predicted octanol–water partition coefficient (Wildman–Crippen LogP) is 2.30. The molecule has 0 radical (unpaired) electrons. The van der Waals surface area contributed by atoms with Crippen molar-refractivity contribution in [3.05, 3.63) is 28.3 Å². The van der Waals surface area contributed by atoms with E-state index in [0.717, 1.165) is 12.1 Å². The number of hydrogen-bond acceptors (Lipinski definition) is 11.